The van der Waals surface area contributed by atoms with E-state index in [9.17, 15) is 4.39 Å². The van der Waals surface area contributed by atoms with E-state index >= 15 is 0 Å². The smallest absolute Gasteiger partial charge is 0.140 e. The maximum atomic E-state index is 13.1. The van der Waals surface area contributed by atoms with Crippen molar-refractivity contribution in [2.24, 2.45) is 0 Å². The van der Waals surface area contributed by atoms with Crippen molar-refractivity contribution in [2.75, 3.05) is 5.73 Å². The van der Waals surface area contributed by atoms with Crippen molar-refractivity contribution in [3.05, 3.63) is 46.2 Å². The monoisotopic (exact) mass is 319 g/mol. The molecule has 0 spiro atoms. The van der Waals surface area contributed by atoms with Crippen molar-refractivity contribution in [1.29, 1.82) is 0 Å². The molecule has 2 aromatic carbocycles. The van der Waals surface area contributed by atoms with E-state index in [-0.39, 0.29) is 5.82 Å². The van der Waals surface area contributed by atoms with Gasteiger partial charge in [0.05, 0.1) is 11.0 Å². The SMILES string of the molecule is Cc1cc(Br)cc2[nH]c(-c3ccc(F)cc3N)nc12. The lowest BCUT2D eigenvalue weighted by Gasteiger charge is -2.01. The van der Waals surface area contributed by atoms with Gasteiger partial charge in [0.15, 0.2) is 0 Å². The maximum absolute atomic E-state index is 13.1. The molecule has 3 aromatic rings. The van der Waals surface area contributed by atoms with Crippen molar-refractivity contribution >= 4 is 32.7 Å². The zero-order valence-corrected chi connectivity index (χ0v) is 11.8. The summed E-state index contributed by atoms with van der Waals surface area (Å²) in [5.74, 6) is 0.296. The number of nitrogens with zero attached hydrogens (tertiary/aromatic N) is 1. The molecule has 1 heterocycles. The van der Waals surface area contributed by atoms with E-state index in [2.05, 4.69) is 25.9 Å². The molecule has 3 rings (SSSR count). The number of benzene rings is 2. The Bertz CT molecular complexity index is 780. The van der Waals surface area contributed by atoms with E-state index in [1.54, 1.807) is 6.07 Å². The Kier molecular flexibility index (Phi) is 2.78. The fourth-order valence-corrected chi connectivity index (χ4v) is 2.70. The number of fused-ring (bicyclic) bond motifs is 1. The van der Waals surface area contributed by atoms with E-state index in [0.717, 1.165) is 21.1 Å². The zero-order valence-electron chi connectivity index (χ0n) is 10.2. The van der Waals surface area contributed by atoms with Gasteiger partial charge in [0.2, 0.25) is 0 Å². The maximum Gasteiger partial charge on any atom is 0.140 e. The molecule has 0 saturated heterocycles. The summed E-state index contributed by atoms with van der Waals surface area (Å²) in [5, 5.41) is 0. The molecular weight excluding hydrogens is 309 g/mol. The van der Waals surface area contributed by atoms with Crippen LogP contribution in [0.3, 0.4) is 0 Å². The molecule has 1 aromatic heterocycles. The van der Waals surface area contributed by atoms with Crippen LogP contribution in [0.5, 0.6) is 0 Å². The van der Waals surface area contributed by atoms with Crippen molar-refractivity contribution < 1.29 is 4.39 Å². The molecule has 3 N–H and O–H groups in total. The summed E-state index contributed by atoms with van der Waals surface area (Å²) in [7, 11) is 0. The van der Waals surface area contributed by atoms with Crippen molar-refractivity contribution in [3.63, 3.8) is 0 Å². The molecule has 5 heteroatoms. The normalized spacial score (nSPS) is 11.1. The van der Waals surface area contributed by atoms with Crippen LogP contribution in [0, 0.1) is 12.7 Å². The van der Waals surface area contributed by atoms with Gasteiger partial charge in [-0.25, -0.2) is 9.37 Å². The Balaban J connectivity index is 2.23. The molecule has 0 amide bonds. The first-order valence-corrected chi connectivity index (χ1v) is 6.55. The highest BCUT2D eigenvalue weighted by atomic mass is 79.9. The number of nitrogens with one attached hydrogen (secondary N) is 1. The van der Waals surface area contributed by atoms with Crippen LogP contribution in [0.2, 0.25) is 0 Å². The highest BCUT2D eigenvalue weighted by Crippen LogP contribution is 2.29. The Morgan fingerprint density at radius 3 is 2.79 bits per heavy atom. The Morgan fingerprint density at radius 1 is 1.26 bits per heavy atom. The number of H-pyrrole nitrogens is 1. The molecule has 0 aliphatic carbocycles. The molecule has 0 saturated carbocycles. The molecule has 96 valence electrons. The minimum absolute atomic E-state index is 0.351. The minimum atomic E-state index is -0.351. The van der Waals surface area contributed by atoms with Crippen molar-refractivity contribution in [2.45, 2.75) is 6.92 Å². The molecule has 3 nitrogen and oxygen atoms in total. The fourth-order valence-electron chi connectivity index (χ4n) is 2.12. The molecular formula is C14H11BrFN3. The van der Waals surface area contributed by atoms with Gasteiger partial charge < -0.3 is 10.7 Å². The number of nitrogens with two attached hydrogens (primary N) is 1. The first-order chi connectivity index (χ1) is 9.04. The second-order valence-electron chi connectivity index (χ2n) is 4.44. The third kappa shape index (κ3) is 2.10. The molecule has 0 aliphatic heterocycles. The molecule has 0 radical (unpaired) electrons. The number of nitrogen functional groups attached to an aromatic ring is 1. The topological polar surface area (TPSA) is 54.7 Å². The second-order valence-corrected chi connectivity index (χ2v) is 5.35. The van der Waals surface area contributed by atoms with Gasteiger partial charge in [-0.1, -0.05) is 15.9 Å². The molecule has 0 bridgehead atoms. The van der Waals surface area contributed by atoms with Crippen LogP contribution in [0.1, 0.15) is 5.56 Å². The van der Waals surface area contributed by atoms with Crippen LogP contribution in [0.15, 0.2) is 34.8 Å². The van der Waals surface area contributed by atoms with Gasteiger partial charge in [-0.3, -0.25) is 0 Å². The van der Waals surface area contributed by atoms with Gasteiger partial charge in [-0.05, 0) is 42.8 Å². The van der Waals surface area contributed by atoms with E-state index in [1.165, 1.54) is 12.1 Å². The molecule has 0 atom stereocenters. The summed E-state index contributed by atoms with van der Waals surface area (Å²) in [4.78, 5) is 7.75. The highest BCUT2D eigenvalue weighted by molar-refractivity contribution is 9.10. The predicted octanol–water partition coefficient (Wildman–Crippen LogP) is 4.02. The largest absolute Gasteiger partial charge is 0.398 e. The van der Waals surface area contributed by atoms with Crippen LogP contribution in [-0.4, -0.2) is 9.97 Å². The average molecular weight is 320 g/mol. The number of halogens is 2. The summed E-state index contributed by atoms with van der Waals surface area (Å²) in [6, 6.07) is 8.26. The number of anilines is 1. The molecule has 19 heavy (non-hydrogen) atoms. The number of hydrogen-bond donors (Lipinski definition) is 2. The number of rotatable bonds is 1. The van der Waals surface area contributed by atoms with Gasteiger partial charge in [0, 0.05) is 15.7 Å². The van der Waals surface area contributed by atoms with Gasteiger partial charge in [0.1, 0.15) is 11.6 Å². The third-order valence-corrected chi connectivity index (χ3v) is 3.47. The van der Waals surface area contributed by atoms with Gasteiger partial charge in [0.25, 0.3) is 0 Å². The lowest BCUT2D eigenvalue weighted by molar-refractivity contribution is 0.628. The van der Waals surface area contributed by atoms with E-state index in [0.29, 0.717) is 17.1 Å². The third-order valence-electron chi connectivity index (χ3n) is 3.01. The van der Waals surface area contributed by atoms with Crippen LogP contribution >= 0.6 is 15.9 Å². The van der Waals surface area contributed by atoms with Crippen LogP contribution in [-0.2, 0) is 0 Å². The quantitative estimate of drug-likeness (QED) is 0.665. The first kappa shape index (κ1) is 12.2. The minimum Gasteiger partial charge on any atom is -0.398 e. The van der Waals surface area contributed by atoms with Crippen molar-refractivity contribution in [1.82, 2.24) is 9.97 Å². The summed E-state index contributed by atoms with van der Waals surface area (Å²) in [6.45, 7) is 1.99. The standard InChI is InChI=1S/C14H11BrFN3/c1-7-4-8(15)5-12-13(7)19-14(18-12)10-3-2-9(16)6-11(10)17/h2-6H,17H2,1H3,(H,18,19). The van der Waals surface area contributed by atoms with Crippen LogP contribution in [0.25, 0.3) is 22.4 Å². The van der Waals surface area contributed by atoms with Gasteiger partial charge in [-0.15, -0.1) is 0 Å². The first-order valence-electron chi connectivity index (χ1n) is 5.76. The second kappa shape index (κ2) is 4.35. The number of hydrogen-bond acceptors (Lipinski definition) is 2. The molecule has 0 aliphatic rings. The molecule has 0 unspecified atom stereocenters. The van der Waals surface area contributed by atoms with Crippen LogP contribution < -0.4 is 5.73 Å². The lowest BCUT2D eigenvalue weighted by Crippen LogP contribution is -1.92. The van der Waals surface area contributed by atoms with Gasteiger partial charge in [-0.2, -0.15) is 0 Å². The lowest BCUT2D eigenvalue weighted by atomic mass is 10.1. The number of imidazole rings is 1. The van der Waals surface area contributed by atoms with E-state index in [1.807, 2.05) is 19.1 Å². The fraction of sp³-hybridized carbons (Fsp3) is 0.0714. The van der Waals surface area contributed by atoms with Gasteiger partial charge >= 0.3 is 0 Å². The Morgan fingerprint density at radius 2 is 2.05 bits per heavy atom. The zero-order chi connectivity index (χ0) is 13.6. The Hall–Kier alpha value is -1.88. The predicted molar refractivity (Wildman–Crippen MR) is 78.3 cm³/mol. The van der Waals surface area contributed by atoms with E-state index in [4.69, 9.17) is 5.73 Å². The number of aromatic amines is 1. The number of aryl methyl sites for hydroxylation is 1. The Labute approximate surface area is 117 Å². The summed E-state index contributed by atoms with van der Waals surface area (Å²) >= 11 is 3.45. The van der Waals surface area contributed by atoms with Crippen LogP contribution in [0.4, 0.5) is 10.1 Å². The summed E-state index contributed by atoms with van der Waals surface area (Å²) < 4.78 is 14.1. The average Bonchev–Trinajstić information content (AvgIpc) is 2.72. The number of aromatic nitrogens is 2. The summed E-state index contributed by atoms with van der Waals surface area (Å²) in [6.07, 6.45) is 0. The highest BCUT2D eigenvalue weighted by Gasteiger charge is 2.11. The van der Waals surface area contributed by atoms with E-state index < -0.39 is 0 Å². The van der Waals surface area contributed by atoms with Crippen molar-refractivity contribution in [3.8, 4) is 11.4 Å². The summed E-state index contributed by atoms with van der Waals surface area (Å²) in [5.41, 5.74) is 9.78. The molecule has 0 fully saturated rings.